The van der Waals surface area contributed by atoms with Gasteiger partial charge in [-0.25, -0.2) is 18.4 Å². The van der Waals surface area contributed by atoms with E-state index in [0.717, 1.165) is 16.9 Å². The topological polar surface area (TPSA) is 79.7 Å². The van der Waals surface area contributed by atoms with Crippen LogP contribution < -0.4 is 0 Å². The van der Waals surface area contributed by atoms with Gasteiger partial charge in [-0.15, -0.1) is 0 Å². The summed E-state index contributed by atoms with van der Waals surface area (Å²) in [6, 6.07) is 3.71. The van der Waals surface area contributed by atoms with Gasteiger partial charge >= 0.3 is 0 Å². The van der Waals surface area contributed by atoms with Crippen LogP contribution in [0.25, 0.3) is 0 Å². The third-order valence-electron chi connectivity index (χ3n) is 3.32. The third-order valence-corrected chi connectivity index (χ3v) is 6.00. The van der Waals surface area contributed by atoms with Gasteiger partial charge in [0.15, 0.2) is 5.82 Å². The number of amides is 1. The van der Waals surface area contributed by atoms with E-state index in [1.165, 1.54) is 16.7 Å². The van der Waals surface area contributed by atoms with Crippen molar-refractivity contribution in [2.24, 2.45) is 10.9 Å². The Morgan fingerprint density at radius 1 is 1.46 bits per heavy atom. The summed E-state index contributed by atoms with van der Waals surface area (Å²) in [5.74, 6) is -0.516. The second-order valence-electron chi connectivity index (χ2n) is 5.62. The molecule has 1 amide bonds. The number of pyridine rings is 1. The molecule has 1 aliphatic heterocycles. The molecule has 0 saturated carbocycles. The Kier molecular flexibility index (Phi) is 5.72. The monoisotopic (exact) mass is 387 g/mol. The summed E-state index contributed by atoms with van der Waals surface area (Å²) in [5.41, 5.74) is 0.906. The van der Waals surface area contributed by atoms with Crippen LogP contribution in [0.1, 0.15) is 19.4 Å². The summed E-state index contributed by atoms with van der Waals surface area (Å²) < 4.78 is 22.8. The first-order chi connectivity index (χ1) is 11.1. The summed E-state index contributed by atoms with van der Waals surface area (Å²) in [6.07, 6.45) is 2.78. The molecule has 2 rings (SSSR count). The zero-order valence-electron chi connectivity index (χ0n) is 13.8. The van der Waals surface area contributed by atoms with Gasteiger partial charge in [-0.3, -0.25) is 4.79 Å². The summed E-state index contributed by atoms with van der Waals surface area (Å²) in [4.78, 5) is 22.3. The van der Waals surface area contributed by atoms with Gasteiger partial charge in [0.05, 0.1) is 16.3 Å². The van der Waals surface area contributed by atoms with Crippen LogP contribution in [0.5, 0.6) is 0 Å². The molecule has 0 spiro atoms. The van der Waals surface area contributed by atoms with Crippen LogP contribution in [-0.2, 0) is 14.6 Å². The van der Waals surface area contributed by atoms with Crippen molar-refractivity contribution in [3.8, 4) is 0 Å². The van der Waals surface area contributed by atoms with Gasteiger partial charge in [0, 0.05) is 30.5 Å². The zero-order valence-corrected chi connectivity index (χ0v) is 16.2. The van der Waals surface area contributed by atoms with Gasteiger partial charge in [-0.2, -0.15) is 0 Å². The number of hydrogen-bond donors (Lipinski definition) is 0. The number of aromatic nitrogens is 1. The number of carbonyl (C=O) groups is 1. The van der Waals surface area contributed by atoms with Gasteiger partial charge in [0.25, 0.3) is 0 Å². The molecule has 1 aromatic heterocycles. The quantitative estimate of drug-likeness (QED) is 0.776. The molecular formula is C15H18ClN3O3S2. The van der Waals surface area contributed by atoms with Crippen LogP contribution in [-0.4, -0.2) is 48.3 Å². The van der Waals surface area contributed by atoms with Crippen molar-refractivity contribution < 1.29 is 13.2 Å². The van der Waals surface area contributed by atoms with E-state index >= 15 is 0 Å². The number of hydrogen-bond acceptors (Lipinski definition) is 6. The van der Waals surface area contributed by atoms with Gasteiger partial charge in [-0.05, 0) is 30.8 Å². The molecule has 0 fully saturated rings. The number of carbonyl (C=O) groups excluding carboxylic acids is 1. The number of sulfone groups is 1. The molecule has 1 aromatic rings. The molecular weight excluding hydrogens is 370 g/mol. The van der Waals surface area contributed by atoms with Crippen LogP contribution >= 0.6 is 23.4 Å². The SMILES string of the molecule is C/C(Cl)=C(\SC1=Nc2ncccc21)N(C)C(=O)C(C)CS(C)(=O)=O. The minimum absolute atomic E-state index is 0.205. The first-order valence-electron chi connectivity index (χ1n) is 7.13. The molecule has 1 atom stereocenters. The second kappa shape index (κ2) is 7.25. The molecule has 0 aromatic carbocycles. The van der Waals surface area contributed by atoms with Crippen LogP contribution in [0.2, 0.25) is 0 Å². The number of allylic oxidation sites excluding steroid dienone is 1. The van der Waals surface area contributed by atoms with Crippen molar-refractivity contribution in [1.82, 2.24) is 9.88 Å². The van der Waals surface area contributed by atoms with E-state index in [1.54, 1.807) is 27.1 Å². The molecule has 0 bridgehead atoms. The van der Waals surface area contributed by atoms with E-state index in [4.69, 9.17) is 11.6 Å². The molecule has 0 radical (unpaired) electrons. The fourth-order valence-corrected chi connectivity index (χ4v) is 4.50. The van der Waals surface area contributed by atoms with Crippen LogP contribution in [0.4, 0.5) is 5.82 Å². The summed E-state index contributed by atoms with van der Waals surface area (Å²) in [7, 11) is -1.66. The fraction of sp³-hybridized carbons (Fsp3) is 0.400. The molecule has 9 heteroatoms. The van der Waals surface area contributed by atoms with Crippen LogP contribution in [0, 0.1) is 5.92 Å². The number of nitrogens with zero attached hydrogens (tertiary/aromatic N) is 3. The van der Waals surface area contributed by atoms with Crippen molar-refractivity contribution in [1.29, 1.82) is 0 Å². The molecule has 0 saturated heterocycles. The smallest absolute Gasteiger partial charge is 0.231 e. The summed E-state index contributed by atoms with van der Waals surface area (Å²) >= 11 is 7.42. The standard InChI is InChI=1S/C15H18ClN3O3S2/c1-9(8-24(4,21)22)14(20)19(3)15(10(2)16)23-13-11-6-5-7-17-12(11)18-13/h5-7,9H,8H2,1-4H3/b15-10+. The second-order valence-corrected chi connectivity index (χ2v) is 9.35. The first kappa shape index (κ1) is 19.0. The minimum Gasteiger partial charge on any atom is -0.308 e. The highest BCUT2D eigenvalue weighted by Crippen LogP contribution is 2.38. The first-order valence-corrected chi connectivity index (χ1v) is 10.4. The van der Waals surface area contributed by atoms with E-state index in [1.807, 2.05) is 12.1 Å². The highest BCUT2D eigenvalue weighted by Gasteiger charge is 2.28. The molecule has 0 aliphatic carbocycles. The molecule has 1 aliphatic rings. The fourth-order valence-electron chi connectivity index (χ4n) is 2.25. The Morgan fingerprint density at radius 3 is 2.67 bits per heavy atom. The molecule has 130 valence electrons. The van der Waals surface area contributed by atoms with Crippen molar-refractivity contribution in [2.75, 3.05) is 19.1 Å². The minimum atomic E-state index is -3.24. The van der Waals surface area contributed by atoms with Gasteiger partial charge in [0.1, 0.15) is 14.9 Å². The van der Waals surface area contributed by atoms with E-state index in [0.29, 0.717) is 15.9 Å². The zero-order chi connectivity index (χ0) is 18.1. The normalized spacial score (nSPS) is 15.6. The van der Waals surface area contributed by atoms with Crippen LogP contribution in [0.15, 0.2) is 33.4 Å². The number of fused-ring (bicyclic) bond motifs is 1. The lowest BCUT2D eigenvalue weighted by Crippen LogP contribution is -2.34. The predicted molar refractivity (Wildman–Crippen MR) is 98.2 cm³/mol. The van der Waals surface area contributed by atoms with E-state index in [9.17, 15) is 13.2 Å². The molecule has 6 nitrogen and oxygen atoms in total. The maximum Gasteiger partial charge on any atom is 0.231 e. The van der Waals surface area contributed by atoms with E-state index in [-0.39, 0.29) is 11.7 Å². The number of rotatable bonds is 5. The Hall–Kier alpha value is -1.38. The largest absolute Gasteiger partial charge is 0.308 e. The Labute approximate surface area is 150 Å². The molecule has 0 N–H and O–H groups in total. The molecule has 1 unspecified atom stereocenters. The lowest BCUT2D eigenvalue weighted by Gasteiger charge is -2.26. The van der Waals surface area contributed by atoms with Crippen molar-refractivity contribution in [3.63, 3.8) is 0 Å². The van der Waals surface area contributed by atoms with Crippen molar-refractivity contribution in [2.45, 2.75) is 13.8 Å². The Bertz CT molecular complexity index is 830. The highest BCUT2D eigenvalue weighted by molar-refractivity contribution is 8.17. The molecule has 2 heterocycles. The number of thioether (sulfide) groups is 1. The van der Waals surface area contributed by atoms with Crippen LogP contribution in [0.3, 0.4) is 0 Å². The number of halogens is 1. The highest BCUT2D eigenvalue weighted by atomic mass is 35.5. The average molecular weight is 388 g/mol. The maximum absolute atomic E-state index is 12.5. The van der Waals surface area contributed by atoms with E-state index in [2.05, 4.69) is 9.98 Å². The maximum atomic E-state index is 12.5. The van der Waals surface area contributed by atoms with Gasteiger partial charge < -0.3 is 4.90 Å². The van der Waals surface area contributed by atoms with Crippen molar-refractivity contribution in [3.05, 3.63) is 34.0 Å². The van der Waals surface area contributed by atoms with Gasteiger partial charge in [-0.1, -0.05) is 18.5 Å². The lowest BCUT2D eigenvalue weighted by atomic mass is 10.2. The summed E-state index contributed by atoms with van der Waals surface area (Å²) in [5, 5.41) is 1.68. The third kappa shape index (κ3) is 4.37. The Balaban J connectivity index is 2.15. The molecule has 24 heavy (non-hydrogen) atoms. The number of aliphatic imine (C=N–C) groups is 1. The summed E-state index contributed by atoms with van der Waals surface area (Å²) in [6.45, 7) is 3.27. The van der Waals surface area contributed by atoms with Gasteiger partial charge in [0.2, 0.25) is 5.91 Å². The van der Waals surface area contributed by atoms with Crippen molar-refractivity contribution >= 4 is 50.0 Å². The Morgan fingerprint density at radius 2 is 2.12 bits per heavy atom. The average Bonchev–Trinajstić information content (AvgIpc) is 2.45. The van der Waals surface area contributed by atoms with E-state index < -0.39 is 15.8 Å². The predicted octanol–water partition coefficient (Wildman–Crippen LogP) is 2.77. The lowest BCUT2D eigenvalue weighted by molar-refractivity contribution is -0.130.